The molecule has 0 saturated carbocycles. The lowest BCUT2D eigenvalue weighted by Crippen LogP contribution is -2.10. The van der Waals surface area contributed by atoms with Gasteiger partial charge in [0.05, 0.1) is 10.7 Å². The lowest BCUT2D eigenvalue weighted by Gasteiger charge is -2.15. The smallest absolute Gasteiger partial charge is 0.231 e. The van der Waals surface area contributed by atoms with Gasteiger partial charge in [0.2, 0.25) is 11.7 Å². The Morgan fingerprint density at radius 2 is 1.74 bits per heavy atom. The molecule has 1 heterocycles. The molecule has 1 amide bonds. The minimum Gasteiger partial charge on any atom is -0.450 e. The zero-order chi connectivity index (χ0) is 19.1. The van der Waals surface area contributed by atoms with Crippen molar-refractivity contribution in [2.75, 3.05) is 5.32 Å². The second-order valence-electron chi connectivity index (χ2n) is 6.76. The van der Waals surface area contributed by atoms with E-state index in [-0.39, 0.29) is 22.3 Å². The summed E-state index contributed by atoms with van der Waals surface area (Å²) in [4.78, 5) is 24.9. The minimum absolute atomic E-state index is 0.0757. The van der Waals surface area contributed by atoms with E-state index < -0.39 is 5.78 Å². The Kier molecular flexibility index (Phi) is 4.70. The molecule has 3 aromatic rings. The Morgan fingerprint density at radius 1 is 1.04 bits per heavy atom. The maximum absolute atomic E-state index is 13.1. The van der Waals surface area contributed by atoms with Gasteiger partial charge in [0.15, 0.2) is 5.76 Å². The van der Waals surface area contributed by atoms with Gasteiger partial charge >= 0.3 is 0 Å². The molecule has 1 N–H and O–H groups in total. The van der Waals surface area contributed by atoms with Gasteiger partial charge in [0.1, 0.15) is 5.58 Å². The zero-order valence-electron chi connectivity index (χ0n) is 14.7. The molecule has 0 saturated heterocycles. The number of anilines is 1. The van der Waals surface area contributed by atoms with Crippen LogP contribution in [0.2, 0.25) is 10.0 Å². The van der Waals surface area contributed by atoms with Crippen molar-refractivity contribution in [3.05, 3.63) is 62.8 Å². The standard InChI is InChI=1S/C21H17Cl2NO3/c1-11(25)24-19-16-8-12-4-2-3-5-13(12)9-18(16)27-21(19)20(26)15-7-6-14(22)10-17(15)23/h6-10H,2-5H2,1H3,(H,24,25). The van der Waals surface area contributed by atoms with Gasteiger partial charge < -0.3 is 9.73 Å². The maximum Gasteiger partial charge on any atom is 0.231 e. The summed E-state index contributed by atoms with van der Waals surface area (Å²) in [5.74, 6) is -0.590. The summed E-state index contributed by atoms with van der Waals surface area (Å²) < 4.78 is 5.91. The molecule has 0 bridgehead atoms. The van der Waals surface area contributed by atoms with Crippen LogP contribution in [0.25, 0.3) is 11.0 Å². The van der Waals surface area contributed by atoms with Crippen LogP contribution >= 0.6 is 23.2 Å². The van der Waals surface area contributed by atoms with Crippen molar-refractivity contribution in [2.45, 2.75) is 32.6 Å². The Morgan fingerprint density at radius 3 is 2.41 bits per heavy atom. The van der Waals surface area contributed by atoms with Crippen LogP contribution in [0.15, 0.2) is 34.7 Å². The molecule has 0 atom stereocenters. The van der Waals surface area contributed by atoms with Gasteiger partial charge in [-0.1, -0.05) is 23.2 Å². The van der Waals surface area contributed by atoms with E-state index in [2.05, 4.69) is 5.32 Å². The van der Waals surface area contributed by atoms with Crippen molar-refractivity contribution < 1.29 is 14.0 Å². The number of benzene rings is 2. The molecule has 0 spiro atoms. The molecule has 2 aromatic carbocycles. The van der Waals surface area contributed by atoms with Crippen LogP contribution in [0.5, 0.6) is 0 Å². The van der Waals surface area contributed by atoms with Crippen molar-refractivity contribution in [3.63, 3.8) is 0 Å². The molecule has 1 aliphatic carbocycles. The van der Waals surface area contributed by atoms with E-state index in [9.17, 15) is 9.59 Å². The highest BCUT2D eigenvalue weighted by Gasteiger charge is 2.25. The van der Waals surface area contributed by atoms with E-state index >= 15 is 0 Å². The van der Waals surface area contributed by atoms with Crippen LogP contribution < -0.4 is 5.32 Å². The van der Waals surface area contributed by atoms with Crippen LogP contribution in [-0.4, -0.2) is 11.7 Å². The first-order valence-electron chi connectivity index (χ1n) is 8.79. The number of ketones is 1. The highest BCUT2D eigenvalue weighted by atomic mass is 35.5. The number of aryl methyl sites for hydroxylation is 2. The van der Waals surface area contributed by atoms with E-state index in [1.165, 1.54) is 24.1 Å². The second kappa shape index (κ2) is 7.02. The molecule has 6 heteroatoms. The van der Waals surface area contributed by atoms with Crippen LogP contribution in [0.4, 0.5) is 5.69 Å². The molecule has 27 heavy (non-hydrogen) atoms. The number of hydrogen-bond acceptors (Lipinski definition) is 3. The molecule has 0 radical (unpaired) electrons. The first kappa shape index (κ1) is 18.1. The minimum atomic E-state index is -0.394. The quantitative estimate of drug-likeness (QED) is 0.563. The summed E-state index contributed by atoms with van der Waals surface area (Å²) >= 11 is 12.1. The van der Waals surface area contributed by atoms with E-state index in [1.807, 2.05) is 12.1 Å². The third-order valence-electron chi connectivity index (χ3n) is 4.84. The molecule has 138 valence electrons. The second-order valence-corrected chi connectivity index (χ2v) is 7.61. The highest BCUT2D eigenvalue weighted by molar-refractivity contribution is 6.37. The van der Waals surface area contributed by atoms with Gasteiger partial charge in [-0.3, -0.25) is 9.59 Å². The number of halogens is 2. The number of fused-ring (bicyclic) bond motifs is 2. The molecule has 0 fully saturated rings. The summed E-state index contributed by atoms with van der Waals surface area (Å²) in [6, 6.07) is 8.67. The molecular weight excluding hydrogens is 385 g/mol. The Labute approximate surface area is 166 Å². The monoisotopic (exact) mass is 401 g/mol. The van der Waals surface area contributed by atoms with E-state index in [4.69, 9.17) is 27.6 Å². The molecule has 1 aliphatic rings. The number of furan rings is 1. The van der Waals surface area contributed by atoms with Crippen molar-refractivity contribution in [1.29, 1.82) is 0 Å². The molecule has 0 unspecified atom stereocenters. The average molecular weight is 402 g/mol. The third-order valence-corrected chi connectivity index (χ3v) is 5.38. The Bertz CT molecular complexity index is 1080. The highest BCUT2D eigenvalue weighted by Crippen LogP contribution is 2.37. The SMILES string of the molecule is CC(=O)Nc1c(C(=O)c2ccc(Cl)cc2Cl)oc2cc3c(cc12)CCCC3. The number of nitrogens with one attached hydrogen (secondary N) is 1. The fraction of sp³-hybridized carbons (Fsp3) is 0.238. The van der Waals surface area contributed by atoms with Crippen molar-refractivity contribution >= 4 is 51.5 Å². The van der Waals surface area contributed by atoms with E-state index in [0.29, 0.717) is 16.3 Å². The maximum atomic E-state index is 13.1. The van der Waals surface area contributed by atoms with Crippen LogP contribution in [0, 0.1) is 0 Å². The van der Waals surface area contributed by atoms with Crippen LogP contribution in [0.1, 0.15) is 47.0 Å². The normalized spacial score (nSPS) is 13.4. The molecule has 1 aromatic heterocycles. The summed E-state index contributed by atoms with van der Waals surface area (Å²) in [5, 5.41) is 4.18. The fourth-order valence-electron chi connectivity index (χ4n) is 3.58. The van der Waals surface area contributed by atoms with Crippen molar-refractivity contribution in [1.82, 2.24) is 0 Å². The predicted molar refractivity (Wildman–Crippen MR) is 107 cm³/mol. The van der Waals surface area contributed by atoms with E-state index in [1.54, 1.807) is 12.1 Å². The first-order chi connectivity index (χ1) is 12.9. The molecule has 4 nitrogen and oxygen atoms in total. The number of rotatable bonds is 3. The fourth-order valence-corrected chi connectivity index (χ4v) is 4.08. The van der Waals surface area contributed by atoms with Crippen molar-refractivity contribution in [2.24, 2.45) is 0 Å². The van der Waals surface area contributed by atoms with Gasteiger partial charge in [0, 0.05) is 22.9 Å². The summed E-state index contributed by atoms with van der Waals surface area (Å²) in [6.45, 7) is 1.40. The van der Waals surface area contributed by atoms with Gasteiger partial charge in [-0.25, -0.2) is 0 Å². The third kappa shape index (κ3) is 3.35. The first-order valence-corrected chi connectivity index (χ1v) is 9.55. The number of carbonyl (C=O) groups excluding carboxylic acids is 2. The largest absolute Gasteiger partial charge is 0.450 e. The lowest BCUT2D eigenvalue weighted by atomic mass is 9.90. The number of amides is 1. The van der Waals surface area contributed by atoms with Crippen LogP contribution in [-0.2, 0) is 17.6 Å². The zero-order valence-corrected chi connectivity index (χ0v) is 16.2. The predicted octanol–water partition coefficient (Wildman–Crippen LogP) is 5.81. The molecule has 0 aliphatic heterocycles. The molecular formula is C21H17Cl2NO3. The van der Waals surface area contributed by atoms with Crippen LogP contribution in [0.3, 0.4) is 0 Å². The topological polar surface area (TPSA) is 59.3 Å². The summed E-state index contributed by atoms with van der Waals surface area (Å²) in [6.07, 6.45) is 4.26. The Hall–Kier alpha value is -2.30. The summed E-state index contributed by atoms with van der Waals surface area (Å²) in [5.41, 5.74) is 3.73. The van der Waals surface area contributed by atoms with Gasteiger partial charge in [-0.2, -0.15) is 0 Å². The van der Waals surface area contributed by atoms with Gasteiger partial charge in [-0.15, -0.1) is 0 Å². The van der Waals surface area contributed by atoms with Gasteiger partial charge in [-0.05, 0) is 67.1 Å². The van der Waals surface area contributed by atoms with E-state index in [0.717, 1.165) is 31.1 Å². The van der Waals surface area contributed by atoms with Crippen molar-refractivity contribution in [3.8, 4) is 0 Å². The Balaban J connectivity index is 1.90. The summed E-state index contributed by atoms with van der Waals surface area (Å²) in [7, 11) is 0. The molecule has 4 rings (SSSR count). The number of hydrogen-bond donors (Lipinski definition) is 1. The lowest BCUT2D eigenvalue weighted by molar-refractivity contribution is -0.114. The van der Waals surface area contributed by atoms with Gasteiger partial charge in [0.25, 0.3) is 0 Å². The number of carbonyl (C=O) groups is 2. The average Bonchev–Trinajstić information content (AvgIpc) is 2.96.